The molecule has 324 valence electrons. The van der Waals surface area contributed by atoms with Gasteiger partial charge in [-0.25, -0.2) is 43.0 Å². The van der Waals surface area contributed by atoms with Crippen LogP contribution >= 0.6 is 0 Å². The van der Waals surface area contributed by atoms with Gasteiger partial charge in [0, 0.05) is 11.5 Å². The third kappa shape index (κ3) is 8.78. The Hall–Kier alpha value is -4.17. The molecule has 2 aliphatic heterocycles. The van der Waals surface area contributed by atoms with Crippen molar-refractivity contribution in [2.75, 3.05) is 17.7 Å². The van der Waals surface area contributed by atoms with E-state index < -0.39 is 90.2 Å². The minimum absolute atomic E-state index is 0.138. The van der Waals surface area contributed by atoms with Crippen molar-refractivity contribution < 1.29 is 45.2 Å². The van der Waals surface area contributed by atoms with Crippen molar-refractivity contribution in [1.29, 1.82) is 0 Å². The van der Waals surface area contributed by atoms with Crippen LogP contribution in [0.5, 0.6) is 0 Å². The van der Waals surface area contributed by atoms with Gasteiger partial charge in [0.05, 0.1) is 49.0 Å². The first-order valence-corrected chi connectivity index (χ1v) is 25.0. The molecule has 2 saturated heterocycles. The van der Waals surface area contributed by atoms with E-state index in [4.69, 9.17) is 18.1 Å². The standard InChI is InChI=1S/C37H50N10O10S2Si/c1-20-25(16-48)55-35(47-18-40-27-21(2)42-22(3)43-33(27)47)26(20)45-59(52,53)15-14-24-29(56-58(50)51)30(57-60(7,8)37(4,5)6)36(54-24)46-19-41-28-31(38-17-39-32(28)46)44-34(49)23-12-10-9-11-13-23/h9-13,17-20,24-26,29-30,35-36,45,48H,14-16H2,1-8H3,(H,50,51)(H,38,39,44,49)/t20?,24-,25-,26+,29?,30+,35-,36-/m1/s1. The highest BCUT2D eigenvalue weighted by molar-refractivity contribution is 7.89. The number of carbonyl (C=O) groups excluding carboxylic acids is 1. The van der Waals surface area contributed by atoms with E-state index in [-0.39, 0.29) is 35.0 Å². The zero-order valence-corrected chi connectivity index (χ0v) is 37.0. The summed E-state index contributed by atoms with van der Waals surface area (Å²) in [5.74, 6) is -0.746. The fourth-order valence-electron chi connectivity index (χ4n) is 7.33. The quantitative estimate of drug-likeness (QED) is 0.0919. The molecule has 9 atom stereocenters. The van der Waals surface area contributed by atoms with Gasteiger partial charge in [0.25, 0.3) is 5.91 Å². The Kier molecular flexibility index (Phi) is 12.4. The molecule has 4 N–H and O–H groups in total. The van der Waals surface area contributed by atoms with Crippen molar-refractivity contribution in [2.45, 2.75) is 109 Å². The van der Waals surface area contributed by atoms with E-state index in [1.807, 2.05) is 33.9 Å². The number of carbonyl (C=O) groups is 1. The molecular weight excluding hydrogens is 837 g/mol. The minimum Gasteiger partial charge on any atom is -0.406 e. The maximum absolute atomic E-state index is 14.1. The summed E-state index contributed by atoms with van der Waals surface area (Å²) in [5.41, 5.74) is 2.54. The van der Waals surface area contributed by atoms with Crippen LogP contribution in [-0.4, -0.2) is 118 Å². The van der Waals surface area contributed by atoms with Crippen LogP contribution in [0.15, 0.2) is 49.3 Å². The lowest BCUT2D eigenvalue weighted by molar-refractivity contribution is -0.0323. The summed E-state index contributed by atoms with van der Waals surface area (Å²) in [6.45, 7) is 15.1. The first kappa shape index (κ1) is 43.9. The molecule has 4 aromatic heterocycles. The van der Waals surface area contributed by atoms with Crippen molar-refractivity contribution >= 4 is 63.8 Å². The van der Waals surface area contributed by atoms with Crippen molar-refractivity contribution in [3.8, 4) is 0 Å². The van der Waals surface area contributed by atoms with Crippen LogP contribution in [-0.2, 0) is 39.5 Å². The lowest BCUT2D eigenvalue weighted by Gasteiger charge is -2.40. The lowest BCUT2D eigenvalue weighted by Crippen LogP contribution is -2.49. The zero-order chi connectivity index (χ0) is 43.3. The van der Waals surface area contributed by atoms with E-state index in [1.54, 1.807) is 60.2 Å². The van der Waals surface area contributed by atoms with E-state index in [2.05, 4.69) is 39.9 Å². The Bertz CT molecular complexity index is 2500. The molecule has 60 heavy (non-hydrogen) atoms. The number of fused-ring (bicyclic) bond motifs is 2. The Balaban J connectivity index is 1.18. The predicted octanol–water partition coefficient (Wildman–Crippen LogP) is 3.55. The molecule has 7 rings (SSSR count). The number of sulfonamides is 1. The zero-order valence-electron chi connectivity index (χ0n) is 34.4. The van der Waals surface area contributed by atoms with Crippen molar-refractivity contribution in [2.24, 2.45) is 5.92 Å². The van der Waals surface area contributed by atoms with Gasteiger partial charge in [-0.15, -0.1) is 0 Å². The number of hydrogen-bond acceptors (Lipinski definition) is 15. The number of nitrogens with zero attached hydrogens (tertiary/aromatic N) is 8. The molecule has 1 aromatic carbocycles. The molecule has 0 bridgehead atoms. The average molecular weight is 887 g/mol. The Labute approximate surface area is 350 Å². The molecule has 0 radical (unpaired) electrons. The molecule has 2 aliphatic rings. The van der Waals surface area contributed by atoms with Crippen molar-refractivity contribution in [3.63, 3.8) is 0 Å². The first-order valence-electron chi connectivity index (χ1n) is 19.4. The number of aliphatic hydroxyl groups is 1. The molecular formula is C37H50N10O10S2Si. The first-order chi connectivity index (χ1) is 28.3. The number of amides is 1. The predicted molar refractivity (Wildman–Crippen MR) is 222 cm³/mol. The number of aromatic nitrogens is 8. The number of imidazole rings is 2. The average Bonchev–Trinajstić information content (AvgIpc) is 3.95. The highest BCUT2D eigenvalue weighted by atomic mass is 32.2. The van der Waals surface area contributed by atoms with Gasteiger partial charge in [-0.1, -0.05) is 45.9 Å². The molecule has 0 aliphatic carbocycles. The van der Waals surface area contributed by atoms with Gasteiger partial charge in [0.1, 0.15) is 29.9 Å². The number of anilines is 1. The molecule has 5 aromatic rings. The Morgan fingerprint density at radius 3 is 2.28 bits per heavy atom. The number of aryl methyl sites for hydroxylation is 2. The van der Waals surface area contributed by atoms with E-state index in [0.29, 0.717) is 28.2 Å². The van der Waals surface area contributed by atoms with E-state index in [1.165, 1.54) is 19.0 Å². The van der Waals surface area contributed by atoms with Gasteiger partial charge >= 0.3 is 11.4 Å². The second-order valence-electron chi connectivity index (χ2n) is 16.6. The van der Waals surface area contributed by atoms with E-state index in [0.717, 1.165) is 0 Å². The molecule has 2 fully saturated rings. The van der Waals surface area contributed by atoms with Crippen LogP contribution < -0.4 is 10.0 Å². The summed E-state index contributed by atoms with van der Waals surface area (Å²) >= 11 is -2.81. The van der Waals surface area contributed by atoms with Gasteiger partial charge in [-0.05, 0) is 50.5 Å². The summed E-state index contributed by atoms with van der Waals surface area (Å²) in [6, 6.07) is 7.74. The van der Waals surface area contributed by atoms with Gasteiger partial charge in [-0.2, -0.15) is 4.21 Å². The number of aliphatic hydroxyl groups excluding tert-OH is 1. The van der Waals surface area contributed by atoms with Gasteiger partial charge in [0.15, 0.2) is 43.4 Å². The van der Waals surface area contributed by atoms with Gasteiger partial charge < -0.3 is 24.3 Å². The third-order valence-corrected chi connectivity index (χ3v) is 17.8. The van der Waals surface area contributed by atoms with Crippen LogP contribution in [0.25, 0.3) is 22.3 Å². The largest absolute Gasteiger partial charge is 0.406 e. The van der Waals surface area contributed by atoms with Crippen LogP contribution in [0.3, 0.4) is 0 Å². The lowest BCUT2D eigenvalue weighted by atomic mass is 9.99. The fourth-order valence-corrected chi connectivity index (χ4v) is 10.4. The van der Waals surface area contributed by atoms with Crippen LogP contribution in [0.1, 0.15) is 68.4 Å². The second kappa shape index (κ2) is 16.9. The summed E-state index contributed by atoms with van der Waals surface area (Å²) < 4.78 is 82.0. The maximum atomic E-state index is 14.1. The molecule has 3 unspecified atom stereocenters. The summed E-state index contributed by atoms with van der Waals surface area (Å²) in [5, 5.41) is 12.6. The topological polar surface area (TPSA) is 257 Å². The smallest absolute Gasteiger partial charge is 0.302 e. The number of benzene rings is 1. The highest BCUT2D eigenvalue weighted by Gasteiger charge is 2.53. The second-order valence-corrected chi connectivity index (χ2v) is 23.8. The maximum Gasteiger partial charge on any atom is 0.302 e. The number of rotatable bonds is 14. The molecule has 0 saturated carbocycles. The Morgan fingerprint density at radius 1 is 0.950 bits per heavy atom. The fraction of sp³-hybridized carbons (Fsp3) is 0.541. The third-order valence-electron chi connectivity index (χ3n) is 11.5. The molecule has 6 heterocycles. The molecule has 20 nitrogen and oxygen atoms in total. The van der Waals surface area contributed by atoms with Crippen LogP contribution in [0.2, 0.25) is 18.1 Å². The summed E-state index contributed by atoms with van der Waals surface area (Å²) in [4.78, 5) is 39.7. The number of nitrogens with one attached hydrogen (secondary N) is 2. The monoisotopic (exact) mass is 886 g/mol. The normalized spacial score (nSPS) is 25.6. The minimum atomic E-state index is -4.15. The summed E-state index contributed by atoms with van der Waals surface area (Å²) in [7, 11) is -6.84. The van der Waals surface area contributed by atoms with Crippen molar-refractivity contribution in [3.05, 3.63) is 66.4 Å². The number of ether oxygens (including phenoxy) is 2. The molecule has 1 amide bonds. The molecule has 23 heteroatoms. The van der Waals surface area contributed by atoms with Crippen LogP contribution in [0.4, 0.5) is 5.82 Å². The molecule has 0 spiro atoms. The highest BCUT2D eigenvalue weighted by Crippen LogP contribution is 2.44. The van der Waals surface area contributed by atoms with Gasteiger partial charge in [-0.3, -0.25) is 22.7 Å². The van der Waals surface area contributed by atoms with Crippen molar-refractivity contribution in [1.82, 2.24) is 43.8 Å². The Morgan fingerprint density at radius 2 is 1.62 bits per heavy atom. The number of hydrogen-bond donors (Lipinski definition) is 4. The van der Waals surface area contributed by atoms with Crippen LogP contribution in [0, 0.1) is 19.8 Å². The summed E-state index contributed by atoms with van der Waals surface area (Å²) in [6.07, 6.45) is -2.03. The SMILES string of the molecule is Cc1nc(C)c2ncn([C@@H]3O[C@H](CO)C(C)[C@@H]3NS(=O)(=O)CC[C@H]3O[C@@H](n4cnc5c(NC(=O)c6ccccc6)ncnc54)[C@@H](O[Si](C)(C)C(C)(C)C)C3OS(=O)O)c2n1. The van der Waals surface area contributed by atoms with Gasteiger partial charge in [0.2, 0.25) is 10.0 Å². The van der Waals surface area contributed by atoms with E-state index >= 15 is 0 Å². The van der Waals surface area contributed by atoms with E-state index in [9.17, 15) is 27.1 Å².